The van der Waals surface area contributed by atoms with Crippen molar-refractivity contribution in [3.05, 3.63) is 30.1 Å². The summed E-state index contributed by atoms with van der Waals surface area (Å²) in [6.07, 6.45) is 4.77. The minimum Gasteiger partial charge on any atom is -0.394 e. The summed E-state index contributed by atoms with van der Waals surface area (Å²) in [5, 5.41) is 15.6. The van der Waals surface area contributed by atoms with E-state index in [9.17, 15) is 14.7 Å². The molecule has 2 aliphatic rings. The maximum absolute atomic E-state index is 12.3. The van der Waals surface area contributed by atoms with Gasteiger partial charge in [-0.1, -0.05) is 6.07 Å². The number of aliphatic hydroxyl groups is 1. The van der Waals surface area contributed by atoms with Crippen LogP contribution in [0.2, 0.25) is 0 Å². The molecule has 0 spiro atoms. The normalized spacial score (nSPS) is 25.8. The third-order valence-electron chi connectivity index (χ3n) is 5.37. The number of rotatable bonds is 7. The second kappa shape index (κ2) is 10.5. The molecule has 0 saturated carbocycles. The Morgan fingerprint density at radius 1 is 1.18 bits per heavy atom. The third kappa shape index (κ3) is 5.73. The maximum atomic E-state index is 12.3. The van der Waals surface area contributed by atoms with Gasteiger partial charge in [0.05, 0.1) is 18.8 Å². The lowest BCUT2D eigenvalue weighted by Gasteiger charge is -2.36. The van der Waals surface area contributed by atoms with Crippen LogP contribution in [0.5, 0.6) is 0 Å². The summed E-state index contributed by atoms with van der Waals surface area (Å²) < 4.78 is 11.2. The van der Waals surface area contributed by atoms with Gasteiger partial charge in [-0.3, -0.25) is 14.6 Å². The zero-order chi connectivity index (χ0) is 19.8. The van der Waals surface area contributed by atoms with Gasteiger partial charge in [-0.05, 0) is 44.2 Å². The van der Waals surface area contributed by atoms with Gasteiger partial charge < -0.3 is 25.2 Å². The van der Waals surface area contributed by atoms with Crippen molar-refractivity contribution in [1.29, 1.82) is 0 Å². The number of pyridine rings is 1. The fourth-order valence-electron chi connectivity index (χ4n) is 3.71. The molecule has 2 amide bonds. The fourth-order valence-corrected chi connectivity index (χ4v) is 3.71. The molecule has 1 aromatic rings. The molecule has 8 nitrogen and oxygen atoms in total. The first-order chi connectivity index (χ1) is 13.7. The Morgan fingerprint density at radius 3 is 2.71 bits per heavy atom. The molecule has 1 aromatic heterocycles. The van der Waals surface area contributed by atoms with Gasteiger partial charge in [0.1, 0.15) is 11.8 Å². The lowest BCUT2D eigenvalue weighted by Crippen LogP contribution is -2.51. The SMILES string of the molecule is O=C(N[C@@H]1CC[C@H](CCNC(=O)C2CCOCC2)O[C@@H]1CO)c1ccccn1. The van der Waals surface area contributed by atoms with Crippen LogP contribution < -0.4 is 10.6 Å². The van der Waals surface area contributed by atoms with Crippen molar-refractivity contribution in [3.8, 4) is 0 Å². The molecule has 8 heteroatoms. The molecule has 0 aliphatic carbocycles. The van der Waals surface area contributed by atoms with E-state index < -0.39 is 6.10 Å². The smallest absolute Gasteiger partial charge is 0.270 e. The highest BCUT2D eigenvalue weighted by Crippen LogP contribution is 2.22. The number of ether oxygens (including phenoxy) is 2. The minimum absolute atomic E-state index is 0.0393. The number of aromatic nitrogens is 1. The van der Waals surface area contributed by atoms with E-state index in [2.05, 4.69) is 15.6 Å². The van der Waals surface area contributed by atoms with Crippen molar-refractivity contribution < 1.29 is 24.2 Å². The molecule has 3 atom stereocenters. The molecule has 28 heavy (non-hydrogen) atoms. The van der Waals surface area contributed by atoms with Crippen LogP contribution in [0.25, 0.3) is 0 Å². The van der Waals surface area contributed by atoms with E-state index in [0.717, 1.165) is 19.3 Å². The first-order valence-electron chi connectivity index (χ1n) is 10.0. The number of carbonyl (C=O) groups excluding carboxylic acids is 2. The van der Waals surface area contributed by atoms with E-state index >= 15 is 0 Å². The van der Waals surface area contributed by atoms with E-state index in [-0.39, 0.29) is 36.5 Å². The number of nitrogens with zero attached hydrogens (tertiary/aromatic N) is 1. The number of hydrogen-bond acceptors (Lipinski definition) is 6. The fraction of sp³-hybridized carbons (Fsp3) is 0.650. The molecular weight excluding hydrogens is 362 g/mol. The van der Waals surface area contributed by atoms with Crippen LogP contribution in [0.1, 0.15) is 42.6 Å². The van der Waals surface area contributed by atoms with Crippen molar-refractivity contribution in [1.82, 2.24) is 15.6 Å². The second-order valence-corrected chi connectivity index (χ2v) is 7.32. The molecule has 2 saturated heterocycles. The van der Waals surface area contributed by atoms with E-state index in [0.29, 0.717) is 38.3 Å². The van der Waals surface area contributed by atoms with E-state index in [1.165, 1.54) is 0 Å². The molecule has 0 bridgehead atoms. The number of hydrogen-bond donors (Lipinski definition) is 3. The standard InChI is InChI=1S/C20H29N3O5/c24-13-18-16(23-20(26)17-3-1-2-9-21-17)5-4-15(28-18)6-10-22-19(25)14-7-11-27-12-8-14/h1-3,9,14-16,18,24H,4-8,10-13H2,(H,22,25)(H,23,26)/t15-,16-,18-/m1/s1. The Hall–Kier alpha value is -2.03. The topological polar surface area (TPSA) is 110 Å². The Labute approximate surface area is 165 Å². The van der Waals surface area contributed by atoms with Gasteiger partial charge in [-0.15, -0.1) is 0 Å². The Bertz CT molecular complexity index is 636. The van der Waals surface area contributed by atoms with Gasteiger partial charge in [0, 0.05) is 31.9 Å². The summed E-state index contributed by atoms with van der Waals surface area (Å²) in [5.41, 5.74) is 0.345. The molecule has 154 valence electrons. The van der Waals surface area contributed by atoms with Crippen LogP contribution in [0.3, 0.4) is 0 Å². The summed E-state index contributed by atoms with van der Waals surface area (Å²) >= 11 is 0. The van der Waals surface area contributed by atoms with Crippen molar-refractivity contribution in [2.24, 2.45) is 5.92 Å². The Kier molecular flexibility index (Phi) is 7.76. The van der Waals surface area contributed by atoms with E-state index in [1.54, 1.807) is 24.4 Å². The number of amides is 2. The van der Waals surface area contributed by atoms with Crippen LogP contribution in [0, 0.1) is 5.92 Å². The van der Waals surface area contributed by atoms with Crippen molar-refractivity contribution >= 4 is 11.8 Å². The van der Waals surface area contributed by atoms with Crippen molar-refractivity contribution in [2.75, 3.05) is 26.4 Å². The largest absolute Gasteiger partial charge is 0.394 e. The highest BCUT2D eigenvalue weighted by Gasteiger charge is 2.32. The van der Waals surface area contributed by atoms with Crippen LogP contribution >= 0.6 is 0 Å². The highest BCUT2D eigenvalue weighted by molar-refractivity contribution is 5.92. The number of nitrogens with one attached hydrogen (secondary N) is 2. The molecule has 2 fully saturated rings. The first-order valence-corrected chi connectivity index (χ1v) is 10.0. The third-order valence-corrected chi connectivity index (χ3v) is 5.37. The summed E-state index contributed by atoms with van der Waals surface area (Å²) in [7, 11) is 0. The molecule has 0 unspecified atom stereocenters. The molecule has 3 rings (SSSR count). The molecule has 3 heterocycles. The van der Waals surface area contributed by atoms with Gasteiger partial charge in [-0.2, -0.15) is 0 Å². The van der Waals surface area contributed by atoms with Gasteiger partial charge >= 0.3 is 0 Å². The maximum Gasteiger partial charge on any atom is 0.270 e. The minimum atomic E-state index is -0.461. The first kappa shape index (κ1) is 20.7. The van der Waals surface area contributed by atoms with Gasteiger partial charge in [-0.25, -0.2) is 0 Å². The average molecular weight is 391 g/mol. The van der Waals surface area contributed by atoms with Crippen LogP contribution in [-0.2, 0) is 14.3 Å². The lowest BCUT2D eigenvalue weighted by molar-refractivity contribution is -0.128. The van der Waals surface area contributed by atoms with Crippen molar-refractivity contribution in [3.63, 3.8) is 0 Å². The summed E-state index contributed by atoms with van der Waals surface area (Å²) in [6.45, 7) is 1.67. The summed E-state index contributed by atoms with van der Waals surface area (Å²) in [6, 6.07) is 4.90. The molecule has 2 aliphatic heterocycles. The van der Waals surface area contributed by atoms with Crippen molar-refractivity contribution in [2.45, 2.75) is 50.4 Å². The molecule has 0 radical (unpaired) electrons. The molecule has 0 aromatic carbocycles. The van der Waals surface area contributed by atoms with Crippen LogP contribution in [0.15, 0.2) is 24.4 Å². The zero-order valence-corrected chi connectivity index (χ0v) is 16.0. The summed E-state index contributed by atoms with van der Waals surface area (Å²) in [5.74, 6) is -0.148. The predicted octanol–water partition coefficient (Wildman–Crippen LogP) is 0.653. The number of aliphatic hydroxyl groups excluding tert-OH is 1. The second-order valence-electron chi connectivity index (χ2n) is 7.32. The summed E-state index contributed by atoms with van der Waals surface area (Å²) in [4.78, 5) is 28.5. The lowest BCUT2D eigenvalue weighted by atomic mass is 9.96. The quantitative estimate of drug-likeness (QED) is 0.630. The van der Waals surface area contributed by atoms with Gasteiger partial charge in [0.15, 0.2) is 0 Å². The van der Waals surface area contributed by atoms with Crippen LogP contribution in [-0.4, -0.2) is 66.5 Å². The van der Waals surface area contributed by atoms with Gasteiger partial charge in [0.2, 0.25) is 5.91 Å². The van der Waals surface area contributed by atoms with E-state index in [4.69, 9.17) is 9.47 Å². The monoisotopic (exact) mass is 391 g/mol. The molecular formula is C20H29N3O5. The Balaban J connectivity index is 1.41. The molecule has 3 N–H and O–H groups in total. The van der Waals surface area contributed by atoms with Crippen LogP contribution in [0.4, 0.5) is 0 Å². The van der Waals surface area contributed by atoms with E-state index in [1.807, 2.05) is 0 Å². The average Bonchev–Trinajstić information content (AvgIpc) is 2.75. The van der Waals surface area contributed by atoms with Gasteiger partial charge in [0.25, 0.3) is 5.91 Å². The Morgan fingerprint density at radius 2 is 2.00 bits per heavy atom. The highest BCUT2D eigenvalue weighted by atomic mass is 16.5. The number of carbonyl (C=O) groups is 2. The predicted molar refractivity (Wildman–Crippen MR) is 102 cm³/mol. The zero-order valence-electron chi connectivity index (χ0n) is 16.0.